The van der Waals surface area contributed by atoms with E-state index in [0.717, 1.165) is 24.6 Å². The van der Waals surface area contributed by atoms with Crippen LogP contribution < -0.4 is 10.1 Å². The van der Waals surface area contributed by atoms with Gasteiger partial charge in [0.2, 0.25) is 0 Å². The van der Waals surface area contributed by atoms with E-state index in [9.17, 15) is 0 Å². The van der Waals surface area contributed by atoms with Crippen LogP contribution in [0.2, 0.25) is 0 Å². The van der Waals surface area contributed by atoms with Crippen molar-refractivity contribution in [2.45, 2.75) is 12.5 Å². The average Bonchev–Trinajstić information content (AvgIpc) is 2.60. The summed E-state index contributed by atoms with van der Waals surface area (Å²) < 4.78 is 5.67. The highest BCUT2D eigenvalue weighted by atomic mass is 32.1. The normalized spacial score (nSPS) is 23.8. The van der Waals surface area contributed by atoms with E-state index in [1.807, 2.05) is 17.5 Å². The average molecular weight is 169 g/mol. The Labute approximate surface area is 70.2 Å². The van der Waals surface area contributed by atoms with Gasteiger partial charge in [0.25, 0.3) is 0 Å². The van der Waals surface area contributed by atoms with E-state index in [4.69, 9.17) is 4.74 Å². The minimum absolute atomic E-state index is 0.397. The van der Waals surface area contributed by atoms with Gasteiger partial charge in [0, 0.05) is 6.54 Å². The molecule has 1 aliphatic rings. The van der Waals surface area contributed by atoms with Crippen molar-refractivity contribution in [3.8, 4) is 5.06 Å². The van der Waals surface area contributed by atoms with Gasteiger partial charge in [-0.05, 0) is 30.5 Å². The molecule has 0 bridgehead atoms. The third kappa shape index (κ3) is 1.73. The van der Waals surface area contributed by atoms with E-state index in [1.54, 1.807) is 11.3 Å². The van der Waals surface area contributed by atoms with Crippen LogP contribution in [0.15, 0.2) is 17.5 Å². The second-order valence-electron chi connectivity index (χ2n) is 2.66. The SMILES string of the molecule is c1csc(OC2CCNC2)c1. The summed E-state index contributed by atoms with van der Waals surface area (Å²) in [5.74, 6) is 0. The van der Waals surface area contributed by atoms with Crippen molar-refractivity contribution in [2.75, 3.05) is 13.1 Å². The van der Waals surface area contributed by atoms with Gasteiger partial charge < -0.3 is 10.1 Å². The maximum atomic E-state index is 5.67. The molecule has 11 heavy (non-hydrogen) atoms. The Kier molecular flexibility index (Phi) is 2.10. The number of hydrogen-bond acceptors (Lipinski definition) is 3. The topological polar surface area (TPSA) is 21.3 Å². The van der Waals surface area contributed by atoms with Crippen LogP contribution in [-0.4, -0.2) is 19.2 Å². The first-order valence-electron chi connectivity index (χ1n) is 3.86. The Morgan fingerprint density at radius 1 is 1.64 bits per heavy atom. The van der Waals surface area contributed by atoms with Crippen molar-refractivity contribution < 1.29 is 4.74 Å². The molecule has 0 radical (unpaired) electrons. The van der Waals surface area contributed by atoms with Gasteiger partial charge in [-0.1, -0.05) is 0 Å². The molecule has 0 amide bonds. The molecule has 60 valence electrons. The molecule has 1 atom stereocenters. The predicted molar refractivity (Wildman–Crippen MR) is 46.2 cm³/mol. The Hall–Kier alpha value is -0.540. The maximum absolute atomic E-state index is 5.67. The third-order valence-electron chi connectivity index (χ3n) is 1.79. The Morgan fingerprint density at radius 2 is 2.64 bits per heavy atom. The molecule has 1 fully saturated rings. The van der Waals surface area contributed by atoms with Crippen LogP contribution in [-0.2, 0) is 0 Å². The van der Waals surface area contributed by atoms with Crippen molar-refractivity contribution in [3.63, 3.8) is 0 Å². The number of thiophene rings is 1. The second kappa shape index (κ2) is 3.24. The first-order valence-corrected chi connectivity index (χ1v) is 4.74. The number of ether oxygens (including phenoxy) is 1. The summed E-state index contributed by atoms with van der Waals surface area (Å²) >= 11 is 1.66. The summed E-state index contributed by atoms with van der Waals surface area (Å²) in [5.41, 5.74) is 0. The van der Waals surface area contributed by atoms with Gasteiger partial charge in [-0.25, -0.2) is 0 Å². The third-order valence-corrected chi connectivity index (χ3v) is 2.55. The number of nitrogens with one attached hydrogen (secondary N) is 1. The molecule has 2 heterocycles. The lowest BCUT2D eigenvalue weighted by molar-refractivity contribution is 0.230. The lowest BCUT2D eigenvalue weighted by Gasteiger charge is -2.08. The largest absolute Gasteiger partial charge is 0.479 e. The Bertz CT molecular complexity index is 204. The van der Waals surface area contributed by atoms with E-state index in [2.05, 4.69) is 5.32 Å². The first-order chi connectivity index (χ1) is 5.45. The molecule has 2 rings (SSSR count). The molecule has 0 spiro atoms. The lowest BCUT2D eigenvalue weighted by atomic mass is 10.3. The van der Waals surface area contributed by atoms with Crippen LogP contribution in [0.4, 0.5) is 0 Å². The number of rotatable bonds is 2. The molecule has 1 saturated heterocycles. The van der Waals surface area contributed by atoms with Gasteiger partial charge in [0.05, 0.1) is 0 Å². The van der Waals surface area contributed by atoms with Gasteiger partial charge >= 0.3 is 0 Å². The predicted octanol–water partition coefficient (Wildman–Crippen LogP) is 1.49. The molecule has 1 aromatic rings. The fourth-order valence-corrected chi connectivity index (χ4v) is 1.86. The Balaban J connectivity index is 1.90. The minimum Gasteiger partial charge on any atom is -0.479 e. The van der Waals surface area contributed by atoms with Gasteiger partial charge in [0.15, 0.2) is 5.06 Å². The van der Waals surface area contributed by atoms with Crippen LogP contribution in [0.25, 0.3) is 0 Å². The van der Waals surface area contributed by atoms with Crippen molar-refractivity contribution in [2.24, 2.45) is 0 Å². The van der Waals surface area contributed by atoms with E-state index < -0.39 is 0 Å². The monoisotopic (exact) mass is 169 g/mol. The molecule has 1 N–H and O–H groups in total. The maximum Gasteiger partial charge on any atom is 0.174 e. The summed E-state index contributed by atoms with van der Waals surface area (Å²) in [6.07, 6.45) is 1.53. The van der Waals surface area contributed by atoms with Gasteiger partial charge in [-0.2, -0.15) is 0 Å². The summed E-state index contributed by atoms with van der Waals surface area (Å²) in [6.45, 7) is 2.09. The fraction of sp³-hybridized carbons (Fsp3) is 0.500. The van der Waals surface area contributed by atoms with Gasteiger partial charge in [-0.3, -0.25) is 0 Å². The van der Waals surface area contributed by atoms with Crippen LogP contribution in [0, 0.1) is 0 Å². The molecular weight excluding hydrogens is 158 g/mol. The van der Waals surface area contributed by atoms with E-state index >= 15 is 0 Å². The molecule has 1 aliphatic heterocycles. The van der Waals surface area contributed by atoms with Crippen molar-refractivity contribution >= 4 is 11.3 Å². The standard InChI is InChI=1S/C8H11NOS/c1-2-8(11-5-1)10-7-3-4-9-6-7/h1-2,5,7,9H,3-4,6H2. The van der Waals surface area contributed by atoms with Gasteiger partial charge in [0.1, 0.15) is 6.10 Å². The lowest BCUT2D eigenvalue weighted by Crippen LogP contribution is -2.18. The molecule has 0 saturated carbocycles. The Morgan fingerprint density at radius 3 is 3.27 bits per heavy atom. The molecule has 1 unspecified atom stereocenters. The summed E-state index contributed by atoms with van der Waals surface area (Å²) in [7, 11) is 0. The summed E-state index contributed by atoms with van der Waals surface area (Å²) in [5, 5.41) is 6.34. The molecular formula is C8H11NOS. The molecule has 1 aromatic heterocycles. The zero-order chi connectivity index (χ0) is 7.52. The highest BCUT2D eigenvalue weighted by Crippen LogP contribution is 2.21. The van der Waals surface area contributed by atoms with E-state index in [1.165, 1.54) is 0 Å². The first kappa shape index (κ1) is 7.13. The van der Waals surface area contributed by atoms with Gasteiger partial charge in [-0.15, -0.1) is 11.3 Å². The second-order valence-corrected chi connectivity index (χ2v) is 3.57. The van der Waals surface area contributed by atoms with Crippen LogP contribution in [0.3, 0.4) is 0 Å². The highest BCUT2D eigenvalue weighted by Gasteiger charge is 2.15. The molecule has 3 heteroatoms. The fourth-order valence-electron chi connectivity index (χ4n) is 1.22. The molecule has 2 nitrogen and oxygen atoms in total. The van der Waals surface area contributed by atoms with Crippen molar-refractivity contribution in [3.05, 3.63) is 17.5 Å². The quantitative estimate of drug-likeness (QED) is 0.724. The zero-order valence-electron chi connectivity index (χ0n) is 6.25. The van der Waals surface area contributed by atoms with E-state index in [0.29, 0.717) is 6.10 Å². The van der Waals surface area contributed by atoms with Crippen LogP contribution in [0.1, 0.15) is 6.42 Å². The van der Waals surface area contributed by atoms with E-state index in [-0.39, 0.29) is 0 Å². The number of hydrogen-bond donors (Lipinski definition) is 1. The summed E-state index contributed by atoms with van der Waals surface area (Å²) in [4.78, 5) is 0. The highest BCUT2D eigenvalue weighted by molar-refractivity contribution is 7.11. The van der Waals surface area contributed by atoms with Crippen molar-refractivity contribution in [1.82, 2.24) is 5.32 Å². The molecule has 0 aliphatic carbocycles. The summed E-state index contributed by atoms with van der Waals surface area (Å²) in [6, 6.07) is 4.03. The van der Waals surface area contributed by atoms with Crippen LogP contribution >= 0.6 is 11.3 Å². The minimum atomic E-state index is 0.397. The molecule has 0 aromatic carbocycles. The zero-order valence-corrected chi connectivity index (χ0v) is 7.06. The smallest absolute Gasteiger partial charge is 0.174 e. The van der Waals surface area contributed by atoms with Crippen molar-refractivity contribution in [1.29, 1.82) is 0 Å². The van der Waals surface area contributed by atoms with Crippen LogP contribution in [0.5, 0.6) is 5.06 Å².